The summed E-state index contributed by atoms with van der Waals surface area (Å²) in [7, 11) is 0. The maximum atomic E-state index is 5.57. The second-order valence-corrected chi connectivity index (χ2v) is 11.0. The first kappa shape index (κ1) is 37.0. The lowest BCUT2D eigenvalue weighted by molar-refractivity contribution is -0.395. The zero-order valence-corrected chi connectivity index (χ0v) is 26.1. The van der Waals surface area contributed by atoms with E-state index in [-0.39, 0.29) is 13.2 Å². The Labute approximate surface area is 246 Å². The molecule has 1 aromatic rings. The smallest absolute Gasteiger partial charge is 0.146 e. The van der Waals surface area contributed by atoms with Crippen LogP contribution in [0.3, 0.4) is 0 Å². The fourth-order valence-corrected chi connectivity index (χ4v) is 4.54. The number of unbranched alkanes of at least 4 members (excludes halogenated alkanes) is 18. The van der Waals surface area contributed by atoms with Gasteiger partial charge in [-0.1, -0.05) is 160 Å². The van der Waals surface area contributed by atoms with Gasteiger partial charge in [-0.05, 0) is 18.4 Å². The Bertz CT molecular complexity index is 599. The average Bonchev–Trinajstić information content (AvgIpc) is 2.98. The lowest BCUT2D eigenvalue weighted by atomic mass is 10.1. The molecule has 0 amide bonds. The Kier molecular flexibility index (Phi) is 28.6. The van der Waals surface area contributed by atoms with Gasteiger partial charge in [0, 0.05) is 0 Å². The lowest BCUT2D eigenvalue weighted by Crippen LogP contribution is -2.26. The van der Waals surface area contributed by atoms with Gasteiger partial charge in [-0.2, -0.15) is 0 Å². The van der Waals surface area contributed by atoms with E-state index in [1.165, 1.54) is 109 Å². The molecule has 234 valence electrons. The van der Waals surface area contributed by atoms with E-state index in [9.17, 15) is 0 Å². The highest BCUT2D eigenvalue weighted by Crippen LogP contribution is 2.12. The van der Waals surface area contributed by atoms with E-state index in [1.807, 2.05) is 30.3 Å². The molecule has 0 radical (unpaired) electrons. The van der Waals surface area contributed by atoms with Gasteiger partial charge in [0.05, 0.1) is 13.2 Å². The Balaban J connectivity index is 2.08. The minimum absolute atomic E-state index is 0.201. The van der Waals surface area contributed by atoms with Gasteiger partial charge < -0.3 is 0 Å². The highest BCUT2D eigenvalue weighted by atomic mass is 17.2. The Hall–Kier alpha value is -1.02. The van der Waals surface area contributed by atoms with Gasteiger partial charge in [0.1, 0.15) is 25.9 Å². The summed E-state index contributed by atoms with van der Waals surface area (Å²) in [6.45, 7) is 6.50. The maximum absolute atomic E-state index is 5.57. The van der Waals surface area contributed by atoms with Crippen molar-refractivity contribution in [2.75, 3.05) is 26.4 Å². The molecule has 0 bridgehead atoms. The van der Waals surface area contributed by atoms with Gasteiger partial charge in [0.15, 0.2) is 0 Å². The van der Waals surface area contributed by atoms with Crippen LogP contribution in [0.4, 0.5) is 0 Å². The summed E-state index contributed by atoms with van der Waals surface area (Å²) < 4.78 is 0. The van der Waals surface area contributed by atoms with E-state index in [2.05, 4.69) is 13.8 Å². The first-order valence-electron chi connectivity index (χ1n) is 16.7. The van der Waals surface area contributed by atoms with E-state index >= 15 is 0 Å². The SMILES string of the molecule is CCCCCCCCCCCCOOCC(COOCc1ccccc1)OOCCCCCCCCCCCC. The second-order valence-electron chi connectivity index (χ2n) is 11.0. The van der Waals surface area contributed by atoms with Crippen LogP contribution in [-0.2, 0) is 35.9 Å². The van der Waals surface area contributed by atoms with Crippen molar-refractivity contribution in [3.63, 3.8) is 0 Å². The van der Waals surface area contributed by atoms with Crippen LogP contribution < -0.4 is 0 Å². The predicted molar refractivity (Wildman–Crippen MR) is 164 cm³/mol. The average molecular weight is 567 g/mol. The van der Waals surface area contributed by atoms with Crippen LogP contribution in [0.2, 0.25) is 0 Å². The van der Waals surface area contributed by atoms with Crippen molar-refractivity contribution in [3.05, 3.63) is 35.9 Å². The molecule has 0 aliphatic rings. The molecule has 6 nitrogen and oxygen atoms in total. The molecular formula is C34H62O6. The standard InChI is InChI=1S/C34H62O6/c1-3-5-7-9-11-13-15-17-19-24-28-35-38-31-34(32-39-37-30-33-26-22-21-23-27-33)40-36-29-25-20-18-16-14-12-10-8-6-4-2/h21-23,26-27,34H,3-20,24-25,28-32H2,1-2H3. The van der Waals surface area contributed by atoms with Gasteiger partial charge in [0.2, 0.25) is 0 Å². The minimum Gasteiger partial charge on any atom is -0.237 e. The zero-order valence-electron chi connectivity index (χ0n) is 26.1. The third-order valence-corrected chi connectivity index (χ3v) is 7.11. The molecule has 6 heteroatoms. The van der Waals surface area contributed by atoms with E-state index < -0.39 is 6.10 Å². The van der Waals surface area contributed by atoms with Crippen molar-refractivity contribution in [2.45, 2.75) is 155 Å². The molecule has 0 fully saturated rings. The predicted octanol–water partition coefficient (Wildman–Crippen LogP) is 10.2. The van der Waals surface area contributed by atoms with Gasteiger partial charge in [-0.3, -0.25) is 0 Å². The van der Waals surface area contributed by atoms with Crippen molar-refractivity contribution in [1.29, 1.82) is 0 Å². The van der Waals surface area contributed by atoms with Crippen molar-refractivity contribution in [1.82, 2.24) is 0 Å². The lowest BCUT2D eigenvalue weighted by Gasteiger charge is -2.16. The summed E-state index contributed by atoms with van der Waals surface area (Å²) in [6.07, 6.45) is 25.4. The molecule has 1 rings (SSSR count). The summed E-state index contributed by atoms with van der Waals surface area (Å²) in [6, 6.07) is 9.93. The molecule has 0 aliphatic carbocycles. The molecule has 0 aliphatic heterocycles. The summed E-state index contributed by atoms with van der Waals surface area (Å²) in [5, 5.41) is 0. The maximum Gasteiger partial charge on any atom is 0.146 e. The van der Waals surface area contributed by atoms with Gasteiger partial charge in [-0.25, -0.2) is 29.3 Å². The van der Waals surface area contributed by atoms with E-state index in [0.29, 0.717) is 19.8 Å². The number of rotatable bonds is 32. The molecule has 1 atom stereocenters. The fourth-order valence-electron chi connectivity index (χ4n) is 4.54. The molecule has 0 saturated heterocycles. The van der Waals surface area contributed by atoms with Crippen LogP contribution in [0.25, 0.3) is 0 Å². The molecular weight excluding hydrogens is 504 g/mol. The summed E-state index contributed by atoms with van der Waals surface area (Å²) in [5.74, 6) is 0. The summed E-state index contributed by atoms with van der Waals surface area (Å²) in [4.78, 5) is 32.6. The van der Waals surface area contributed by atoms with Crippen molar-refractivity contribution < 1.29 is 29.3 Å². The Morgan fingerprint density at radius 3 is 1.38 bits per heavy atom. The van der Waals surface area contributed by atoms with Crippen LogP contribution >= 0.6 is 0 Å². The van der Waals surface area contributed by atoms with Crippen LogP contribution in [-0.4, -0.2) is 32.5 Å². The monoisotopic (exact) mass is 566 g/mol. The van der Waals surface area contributed by atoms with E-state index in [4.69, 9.17) is 29.3 Å². The quantitative estimate of drug-likeness (QED) is 0.0491. The van der Waals surface area contributed by atoms with Crippen LogP contribution in [0.15, 0.2) is 30.3 Å². The highest BCUT2D eigenvalue weighted by molar-refractivity contribution is 5.13. The van der Waals surface area contributed by atoms with E-state index in [0.717, 1.165) is 24.8 Å². The highest BCUT2D eigenvalue weighted by Gasteiger charge is 2.13. The van der Waals surface area contributed by atoms with E-state index in [1.54, 1.807) is 0 Å². The fraction of sp³-hybridized carbons (Fsp3) is 0.824. The number of hydrogen-bond acceptors (Lipinski definition) is 6. The van der Waals surface area contributed by atoms with Crippen LogP contribution in [0.1, 0.15) is 148 Å². The number of benzene rings is 1. The molecule has 40 heavy (non-hydrogen) atoms. The summed E-state index contributed by atoms with van der Waals surface area (Å²) in [5.41, 5.74) is 1.05. The topological polar surface area (TPSA) is 55.4 Å². The van der Waals surface area contributed by atoms with Crippen molar-refractivity contribution in [2.24, 2.45) is 0 Å². The molecule has 1 unspecified atom stereocenters. The van der Waals surface area contributed by atoms with Gasteiger partial charge in [0.25, 0.3) is 0 Å². The largest absolute Gasteiger partial charge is 0.237 e. The third kappa shape index (κ3) is 25.9. The molecule has 0 N–H and O–H groups in total. The number of hydrogen-bond donors (Lipinski definition) is 0. The normalized spacial score (nSPS) is 12.2. The molecule has 0 spiro atoms. The molecule has 0 heterocycles. The van der Waals surface area contributed by atoms with Crippen molar-refractivity contribution in [3.8, 4) is 0 Å². The summed E-state index contributed by atoms with van der Waals surface area (Å²) >= 11 is 0. The van der Waals surface area contributed by atoms with Crippen molar-refractivity contribution >= 4 is 0 Å². The first-order valence-corrected chi connectivity index (χ1v) is 16.7. The van der Waals surface area contributed by atoms with Crippen LogP contribution in [0.5, 0.6) is 0 Å². The molecule has 1 aromatic carbocycles. The Morgan fingerprint density at radius 1 is 0.450 bits per heavy atom. The minimum atomic E-state index is -0.424. The van der Waals surface area contributed by atoms with Gasteiger partial charge >= 0.3 is 0 Å². The second kappa shape index (κ2) is 30.9. The first-order chi connectivity index (χ1) is 19.9. The Morgan fingerprint density at radius 2 is 0.875 bits per heavy atom. The zero-order chi connectivity index (χ0) is 28.6. The molecule has 0 aromatic heterocycles. The van der Waals surface area contributed by atoms with Gasteiger partial charge in [-0.15, -0.1) is 0 Å². The third-order valence-electron chi connectivity index (χ3n) is 7.11. The molecule has 0 saturated carbocycles. The van der Waals surface area contributed by atoms with Crippen LogP contribution in [0, 0.1) is 0 Å².